The molecule has 0 spiro atoms. The number of esters is 1. The summed E-state index contributed by atoms with van der Waals surface area (Å²) in [5.74, 6) is -0.571. The minimum absolute atomic E-state index is 0.0537. The lowest BCUT2D eigenvalue weighted by Crippen LogP contribution is -2.36. The predicted molar refractivity (Wildman–Crippen MR) is 50.6 cm³/mol. The molecule has 82 valence electrons. The van der Waals surface area contributed by atoms with Gasteiger partial charge in [0, 0.05) is 20.4 Å². The Labute approximate surface area is 83.4 Å². The van der Waals surface area contributed by atoms with Crippen LogP contribution in [-0.2, 0) is 14.3 Å². The Bertz CT molecular complexity index is 213. The number of carbonyl (C=O) groups is 2. The van der Waals surface area contributed by atoms with Gasteiger partial charge in [-0.2, -0.15) is 0 Å². The van der Waals surface area contributed by atoms with Crippen molar-refractivity contribution in [3.8, 4) is 0 Å². The molecule has 5 heteroatoms. The van der Waals surface area contributed by atoms with Crippen LogP contribution in [0.15, 0.2) is 0 Å². The second kappa shape index (κ2) is 5.59. The highest BCUT2D eigenvalue weighted by molar-refractivity contribution is 5.72. The standard InChI is InChI=1S/C9H17NO4/c1-7(11)10-5-4-9(3,13)6-14-8(2)12/h13H,4-6H2,1-3H3,(H,10,11). The van der Waals surface area contributed by atoms with E-state index in [1.165, 1.54) is 13.8 Å². The number of rotatable bonds is 5. The van der Waals surface area contributed by atoms with Crippen molar-refractivity contribution in [1.82, 2.24) is 5.32 Å². The molecular formula is C9H17NO4. The van der Waals surface area contributed by atoms with E-state index in [0.717, 1.165) is 0 Å². The van der Waals surface area contributed by atoms with Gasteiger partial charge in [0.1, 0.15) is 6.61 Å². The van der Waals surface area contributed by atoms with Crippen molar-refractivity contribution in [2.24, 2.45) is 0 Å². The third kappa shape index (κ3) is 7.54. The molecule has 0 aliphatic rings. The molecule has 0 saturated carbocycles. The minimum atomic E-state index is -1.09. The van der Waals surface area contributed by atoms with Crippen molar-refractivity contribution in [2.45, 2.75) is 32.8 Å². The first-order valence-corrected chi connectivity index (χ1v) is 4.44. The fourth-order valence-corrected chi connectivity index (χ4v) is 0.837. The second-order valence-corrected chi connectivity index (χ2v) is 3.51. The van der Waals surface area contributed by atoms with Crippen LogP contribution in [0.3, 0.4) is 0 Å². The van der Waals surface area contributed by atoms with E-state index in [4.69, 9.17) is 0 Å². The topological polar surface area (TPSA) is 75.6 Å². The largest absolute Gasteiger partial charge is 0.463 e. The average molecular weight is 203 g/mol. The van der Waals surface area contributed by atoms with Crippen molar-refractivity contribution in [3.05, 3.63) is 0 Å². The quantitative estimate of drug-likeness (QED) is 0.608. The molecule has 0 heterocycles. The van der Waals surface area contributed by atoms with Crippen LogP contribution in [0.1, 0.15) is 27.2 Å². The van der Waals surface area contributed by atoms with Crippen molar-refractivity contribution in [1.29, 1.82) is 0 Å². The van der Waals surface area contributed by atoms with Crippen LogP contribution in [0, 0.1) is 0 Å². The Morgan fingerprint density at radius 3 is 2.43 bits per heavy atom. The monoisotopic (exact) mass is 203 g/mol. The molecule has 0 aliphatic carbocycles. The van der Waals surface area contributed by atoms with Crippen LogP contribution in [0.5, 0.6) is 0 Å². The lowest BCUT2D eigenvalue weighted by molar-refractivity contribution is -0.148. The molecule has 1 amide bonds. The van der Waals surface area contributed by atoms with E-state index in [1.807, 2.05) is 0 Å². The maximum Gasteiger partial charge on any atom is 0.302 e. The maximum atomic E-state index is 10.5. The molecule has 0 saturated heterocycles. The van der Waals surface area contributed by atoms with Gasteiger partial charge in [-0.15, -0.1) is 0 Å². The fraction of sp³-hybridized carbons (Fsp3) is 0.778. The molecule has 2 N–H and O–H groups in total. The van der Waals surface area contributed by atoms with Crippen LogP contribution in [0.4, 0.5) is 0 Å². The summed E-state index contributed by atoms with van der Waals surface area (Å²) in [5.41, 5.74) is -1.09. The van der Waals surface area contributed by atoms with E-state index in [1.54, 1.807) is 6.92 Å². The highest BCUT2D eigenvalue weighted by Gasteiger charge is 2.21. The van der Waals surface area contributed by atoms with Crippen molar-refractivity contribution in [3.63, 3.8) is 0 Å². The first kappa shape index (κ1) is 12.9. The number of hydrogen-bond acceptors (Lipinski definition) is 4. The molecule has 14 heavy (non-hydrogen) atoms. The Balaban J connectivity index is 3.71. The molecule has 0 fully saturated rings. The zero-order chi connectivity index (χ0) is 11.2. The van der Waals surface area contributed by atoms with Gasteiger partial charge >= 0.3 is 5.97 Å². The van der Waals surface area contributed by atoms with Gasteiger partial charge in [-0.3, -0.25) is 9.59 Å². The number of ether oxygens (including phenoxy) is 1. The van der Waals surface area contributed by atoms with Gasteiger partial charge in [0.15, 0.2) is 0 Å². The Kier molecular flexibility index (Phi) is 5.15. The van der Waals surface area contributed by atoms with E-state index >= 15 is 0 Å². The maximum absolute atomic E-state index is 10.5. The van der Waals surface area contributed by atoms with Gasteiger partial charge in [-0.25, -0.2) is 0 Å². The zero-order valence-electron chi connectivity index (χ0n) is 8.79. The molecule has 0 aliphatic heterocycles. The molecular weight excluding hydrogens is 186 g/mol. The molecule has 0 aromatic rings. The zero-order valence-corrected chi connectivity index (χ0v) is 8.79. The summed E-state index contributed by atoms with van der Waals surface area (Å²) in [6.07, 6.45) is 0.347. The molecule has 0 rings (SSSR count). The van der Waals surface area contributed by atoms with Crippen LogP contribution < -0.4 is 5.32 Å². The van der Waals surface area contributed by atoms with Crippen LogP contribution in [0.25, 0.3) is 0 Å². The summed E-state index contributed by atoms with van der Waals surface area (Å²) in [5, 5.41) is 12.2. The third-order valence-corrected chi connectivity index (χ3v) is 1.62. The lowest BCUT2D eigenvalue weighted by Gasteiger charge is -2.22. The normalized spacial score (nSPS) is 14.3. The SMILES string of the molecule is CC(=O)NCCC(C)(O)COC(C)=O. The van der Waals surface area contributed by atoms with Crippen molar-refractivity contribution >= 4 is 11.9 Å². The van der Waals surface area contributed by atoms with E-state index in [2.05, 4.69) is 10.1 Å². The highest BCUT2D eigenvalue weighted by Crippen LogP contribution is 2.08. The summed E-state index contributed by atoms with van der Waals surface area (Å²) in [6.45, 7) is 4.55. The molecule has 1 atom stereocenters. The molecule has 0 bridgehead atoms. The summed E-state index contributed by atoms with van der Waals surface area (Å²) >= 11 is 0. The fourth-order valence-electron chi connectivity index (χ4n) is 0.837. The number of hydrogen-bond donors (Lipinski definition) is 2. The number of aliphatic hydroxyl groups is 1. The smallest absolute Gasteiger partial charge is 0.302 e. The predicted octanol–water partition coefficient (Wildman–Crippen LogP) is -0.173. The Hall–Kier alpha value is -1.10. The second-order valence-electron chi connectivity index (χ2n) is 3.51. The number of nitrogens with one attached hydrogen (secondary N) is 1. The van der Waals surface area contributed by atoms with Crippen LogP contribution in [-0.4, -0.2) is 35.7 Å². The third-order valence-electron chi connectivity index (χ3n) is 1.62. The minimum Gasteiger partial charge on any atom is -0.463 e. The van der Waals surface area contributed by atoms with Crippen molar-refractivity contribution < 1.29 is 19.4 Å². The first-order valence-electron chi connectivity index (χ1n) is 4.44. The van der Waals surface area contributed by atoms with Crippen LogP contribution in [0.2, 0.25) is 0 Å². The summed E-state index contributed by atoms with van der Waals surface area (Å²) in [4.78, 5) is 21.0. The number of amides is 1. The molecule has 0 aromatic carbocycles. The number of carbonyl (C=O) groups excluding carboxylic acids is 2. The summed E-state index contributed by atoms with van der Waals surface area (Å²) in [7, 11) is 0. The first-order chi connectivity index (χ1) is 6.33. The molecule has 0 radical (unpaired) electrons. The molecule has 1 unspecified atom stereocenters. The molecule has 0 aromatic heterocycles. The van der Waals surface area contributed by atoms with Gasteiger partial charge in [0.2, 0.25) is 5.91 Å². The van der Waals surface area contributed by atoms with E-state index < -0.39 is 11.6 Å². The van der Waals surface area contributed by atoms with E-state index in [0.29, 0.717) is 13.0 Å². The highest BCUT2D eigenvalue weighted by atomic mass is 16.5. The van der Waals surface area contributed by atoms with E-state index in [9.17, 15) is 14.7 Å². The average Bonchev–Trinajstić information content (AvgIpc) is 2.00. The van der Waals surface area contributed by atoms with Crippen LogP contribution >= 0.6 is 0 Å². The van der Waals surface area contributed by atoms with Gasteiger partial charge in [0.25, 0.3) is 0 Å². The van der Waals surface area contributed by atoms with Gasteiger partial charge in [0.05, 0.1) is 5.60 Å². The van der Waals surface area contributed by atoms with E-state index in [-0.39, 0.29) is 12.5 Å². The van der Waals surface area contributed by atoms with Crippen molar-refractivity contribution in [2.75, 3.05) is 13.2 Å². The Morgan fingerprint density at radius 2 is 2.00 bits per heavy atom. The lowest BCUT2D eigenvalue weighted by atomic mass is 10.0. The van der Waals surface area contributed by atoms with Gasteiger partial charge in [-0.05, 0) is 13.3 Å². The van der Waals surface area contributed by atoms with Gasteiger partial charge < -0.3 is 15.2 Å². The summed E-state index contributed by atoms with van der Waals surface area (Å²) < 4.78 is 4.66. The van der Waals surface area contributed by atoms with Gasteiger partial charge in [-0.1, -0.05) is 0 Å². The summed E-state index contributed by atoms with van der Waals surface area (Å²) in [6, 6.07) is 0. The molecule has 5 nitrogen and oxygen atoms in total. The Morgan fingerprint density at radius 1 is 1.43 bits per heavy atom.